The Morgan fingerprint density at radius 2 is 1.35 bits per heavy atom. The maximum Gasteiger partial charge on any atom is 0.306 e. The molecular formula is C18H36O2. The highest BCUT2D eigenvalue weighted by Gasteiger charge is 2.21. The second-order valence-electron chi connectivity index (χ2n) is 6.27. The normalized spacial score (nSPS) is 14.2. The molecule has 0 aromatic heterocycles. The van der Waals surface area contributed by atoms with Gasteiger partial charge in [0, 0.05) is 0 Å². The molecule has 0 radical (unpaired) electrons. The van der Waals surface area contributed by atoms with Gasteiger partial charge < -0.3 is 5.11 Å². The first-order valence-electron chi connectivity index (χ1n) is 8.88. The van der Waals surface area contributed by atoms with Crippen LogP contribution in [-0.4, -0.2) is 11.1 Å². The van der Waals surface area contributed by atoms with Gasteiger partial charge in [0.15, 0.2) is 0 Å². The minimum atomic E-state index is -0.575. The van der Waals surface area contributed by atoms with Crippen molar-refractivity contribution in [3.63, 3.8) is 0 Å². The van der Waals surface area contributed by atoms with E-state index in [9.17, 15) is 9.90 Å². The van der Waals surface area contributed by atoms with Crippen LogP contribution >= 0.6 is 0 Å². The fraction of sp³-hybridized carbons (Fsp3) is 0.944. The molecule has 2 heteroatoms. The first-order valence-corrected chi connectivity index (χ1v) is 8.88. The van der Waals surface area contributed by atoms with Crippen LogP contribution in [0, 0.1) is 11.8 Å². The number of carboxylic acids is 1. The molecule has 0 amide bonds. The van der Waals surface area contributed by atoms with Gasteiger partial charge in [0.1, 0.15) is 0 Å². The summed E-state index contributed by atoms with van der Waals surface area (Å²) in [5, 5.41) is 9.38. The summed E-state index contributed by atoms with van der Waals surface area (Å²) < 4.78 is 0. The number of hydrogen-bond donors (Lipinski definition) is 1. The molecule has 120 valence electrons. The minimum absolute atomic E-state index is 0.108. The maximum absolute atomic E-state index is 11.4. The maximum atomic E-state index is 11.4. The number of aliphatic carboxylic acids is 1. The summed E-state index contributed by atoms with van der Waals surface area (Å²) in [4.78, 5) is 11.4. The second kappa shape index (κ2) is 13.5. The van der Waals surface area contributed by atoms with Gasteiger partial charge in [-0.2, -0.15) is 0 Å². The van der Waals surface area contributed by atoms with Crippen LogP contribution < -0.4 is 0 Å². The SMILES string of the molecule is CCCCCCC(CCCC)CC(CCCC)C(=O)O. The average Bonchev–Trinajstić information content (AvgIpc) is 2.44. The summed E-state index contributed by atoms with van der Waals surface area (Å²) in [6.45, 7) is 6.60. The molecule has 0 aliphatic heterocycles. The molecule has 0 heterocycles. The molecule has 2 atom stereocenters. The molecule has 0 saturated carbocycles. The van der Waals surface area contributed by atoms with Gasteiger partial charge in [0.05, 0.1) is 5.92 Å². The number of carbonyl (C=O) groups is 1. The fourth-order valence-corrected chi connectivity index (χ4v) is 2.93. The zero-order valence-corrected chi connectivity index (χ0v) is 14.0. The van der Waals surface area contributed by atoms with E-state index in [0.717, 1.165) is 25.7 Å². The highest BCUT2D eigenvalue weighted by atomic mass is 16.4. The van der Waals surface area contributed by atoms with Gasteiger partial charge in [0.25, 0.3) is 0 Å². The Morgan fingerprint density at radius 1 is 0.800 bits per heavy atom. The molecule has 0 rings (SSSR count). The van der Waals surface area contributed by atoms with Crippen molar-refractivity contribution >= 4 is 5.97 Å². The Bertz CT molecular complexity index is 225. The molecule has 0 aromatic rings. The van der Waals surface area contributed by atoms with E-state index in [1.165, 1.54) is 51.4 Å². The van der Waals surface area contributed by atoms with E-state index in [1.54, 1.807) is 0 Å². The van der Waals surface area contributed by atoms with Gasteiger partial charge in [-0.25, -0.2) is 0 Å². The largest absolute Gasteiger partial charge is 0.481 e. The molecular weight excluding hydrogens is 248 g/mol. The summed E-state index contributed by atoms with van der Waals surface area (Å²) in [5.74, 6) is -0.0544. The quantitative estimate of drug-likeness (QED) is 0.394. The fourth-order valence-electron chi connectivity index (χ4n) is 2.93. The van der Waals surface area contributed by atoms with Gasteiger partial charge in [0.2, 0.25) is 0 Å². The predicted octanol–water partition coefficient (Wildman–Crippen LogP) is 6.04. The zero-order chi connectivity index (χ0) is 15.2. The molecule has 0 saturated heterocycles. The molecule has 1 N–H and O–H groups in total. The monoisotopic (exact) mass is 284 g/mol. The summed E-state index contributed by atoms with van der Waals surface area (Å²) in [6, 6.07) is 0. The van der Waals surface area contributed by atoms with E-state index in [1.807, 2.05) is 0 Å². The molecule has 2 unspecified atom stereocenters. The molecule has 20 heavy (non-hydrogen) atoms. The lowest BCUT2D eigenvalue weighted by Gasteiger charge is -2.21. The number of carboxylic acid groups (broad SMARTS) is 1. The standard InChI is InChI=1S/C18H36O2/c1-4-7-10-11-13-16(12-8-5-2)15-17(18(19)20)14-9-6-3/h16-17H,4-15H2,1-3H3,(H,19,20). The Labute approximate surface area is 126 Å². The van der Waals surface area contributed by atoms with Crippen molar-refractivity contribution in [1.29, 1.82) is 0 Å². The highest BCUT2D eigenvalue weighted by molar-refractivity contribution is 5.69. The van der Waals surface area contributed by atoms with Crippen LogP contribution in [0.25, 0.3) is 0 Å². The average molecular weight is 284 g/mol. The van der Waals surface area contributed by atoms with Crippen LogP contribution in [0.15, 0.2) is 0 Å². The summed E-state index contributed by atoms with van der Waals surface area (Å²) in [7, 11) is 0. The Hall–Kier alpha value is -0.530. The Kier molecular flexibility index (Phi) is 13.1. The minimum Gasteiger partial charge on any atom is -0.481 e. The van der Waals surface area contributed by atoms with E-state index in [2.05, 4.69) is 20.8 Å². The van der Waals surface area contributed by atoms with Crippen LogP contribution in [0.3, 0.4) is 0 Å². The van der Waals surface area contributed by atoms with Crippen molar-refractivity contribution in [3.8, 4) is 0 Å². The number of hydrogen-bond acceptors (Lipinski definition) is 1. The molecule has 0 bridgehead atoms. The van der Waals surface area contributed by atoms with E-state index in [-0.39, 0.29) is 5.92 Å². The molecule has 0 spiro atoms. The van der Waals surface area contributed by atoms with E-state index >= 15 is 0 Å². The lowest BCUT2D eigenvalue weighted by molar-refractivity contribution is -0.142. The third-order valence-electron chi connectivity index (χ3n) is 4.31. The van der Waals surface area contributed by atoms with Crippen molar-refractivity contribution in [2.45, 2.75) is 97.8 Å². The van der Waals surface area contributed by atoms with Crippen molar-refractivity contribution < 1.29 is 9.90 Å². The van der Waals surface area contributed by atoms with Crippen molar-refractivity contribution in [3.05, 3.63) is 0 Å². The van der Waals surface area contributed by atoms with Crippen molar-refractivity contribution in [2.75, 3.05) is 0 Å². The van der Waals surface area contributed by atoms with Crippen molar-refractivity contribution in [2.24, 2.45) is 11.8 Å². The van der Waals surface area contributed by atoms with Crippen molar-refractivity contribution in [1.82, 2.24) is 0 Å². The molecule has 0 aliphatic carbocycles. The summed E-state index contributed by atoms with van der Waals surface area (Å²) in [5.41, 5.74) is 0. The summed E-state index contributed by atoms with van der Waals surface area (Å²) >= 11 is 0. The van der Waals surface area contributed by atoms with Crippen LogP contribution in [0.4, 0.5) is 0 Å². The zero-order valence-electron chi connectivity index (χ0n) is 14.0. The topological polar surface area (TPSA) is 37.3 Å². The van der Waals surface area contributed by atoms with Crippen LogP contribution in [0.2, 0.25) is 0 Å². The van der Waals surface area contributed by atoms with Gasteiger partial charge in [-0.05, 0) is 18.8 Å². The number of rotatable bonds is 14. The van der Waals surface area contributed by atoms with Gasteiger partial charge in [-0.3, -0.25) is 4.79 Å². The Balaban J connectivity index is 4.22. The summed E-state index contributed by atoms with van der Waals surface area (Å²) in [6.07, 6.45) is 14.0. The van der Waals surface area contributed by atoms with Gasteiger partial charge in [-0.15, -0.1) is 0 Å². The molecule has 2 nitrogen and oxygen atoms in total. The van der Waals surface area contributed by atoms with E-state index in [0.29, 0.717) is 5.92 Å². The molecule has 0 aliphatic rings. The van der Waals surface area contributed by atoms with E-state index in [4.69, 9.17) is 0 Å². The van der Waals surface area contributed by atoms with Gasteiger partial charge in [-0.1, -0.05) is 85.0 Å². The first-order chi connectivity index (χ1) is 9.65. The Morgan fingerprint density at radius 3 is 1.90 bits per heavy atom. The van der Waals surface area contributed by atoms with Crippen LogP contribution in [0.5, 0.6) is 0 Å². The third-order valence-corrected chi connectivity index (χ3v) is 4.31. The lowest BCUT2D eigenvalue weighted by atomic mass is 9.84. The smallest absolute Gasteiger partial charge is 0.306 e. The predicted molar refractivity (Wildman–Crippen MR) is 87.0 cm³/mol. The first kappa shape index (κ1) is 19.5. The molecule has 0 fully saturated rings. The third kappa shape index (κ3) is 10.3. The lowest BCUT2D eigenvalue weighted by Crippen LogP contribution is -2.18. The number of unbranched alkanes of at least 4 members (excludes halogenated alkanes) is 5. The van der Waals surface area contributed by atoms with Gasteiger partial charge >= 0.3 is 5.97 Å². The highest BCUT2D eigenvalue weighted by Crippen LogP contribution is 2.27. The second-order valence-corrected chi connectivity index (χ2v) is 6.27. The van der Waals surface area contributed by atoms with Crippen LogP contribution in [-0.2, 0) is 4.79 Å². The van der Waals surface area contributed by atoms with Crippen LogP contribution in [0.1, 0.15) is 97.8 Å². The van der Waals surface area contributed by atoms with E-state index < -0.39 is 5.97 Å². The molecule has 0 aromatic carbocycles.